The second-order valence-corrected chi connectivity index (χ2v) is 7.32. The Balaban J connectivity index is 2.98. The summed E-state index contributed by atoms with van der Waals surface area (Å²) < 4.78 is 1.16. The van der Waals surface area contributed by atoms with E-state index in [4.69, 9.17) is 5.73 Å². The van der Waals surface area contributed by atoms with Gasteiger partial charge in [-0.3, -0.25) is 4.90 Å². The van der Waals surface area contributed by atoms with Crippen molar-refractivity contribution < 1.29 is 0 Å². The second kappa shape index (κ2) is 8.89. The lowest BCUT2D eigenvalue weighted by Gasteiger charge is -2.34. The fourth-order valence-corrected chi connectivity index (χ4v) is 3.30. The number of halogens is 1. The van der Waals surface area contributed by atoms with Crippen molar-refractivity contribution in [3.63, 3.8) is 0 Å². The number of hydrogen-bond acceptors (Lipinski definition) is 3. The first-order valence-electron chi connectivity index (χ1n) is 7.70. The van der Waals surface area contributed by atoms with E-state index in [0.717, 1.165) is 24.1 Å². The van der Waals surface area contributed by atoms with E-state index >= 15 is 0 Å². The summed E-state index contributed by atoms with van der Waals surface area (Å²) in [5, 5.41) is 0. The van der Waals surface area contributed by atoms with Gasteiger partial charge < -0.3 is 10.6 Å². The fourth-order valence-electron chi connectivity index (χ4n) is 2.55. The van der Waals surface area contributed by atoms with E-state index in [1.54, 1.807) is 0 Å². The zero-order valence-electron chi connectivity index (χ0n) is 14.1. The van der Waals surface area contributed by atoms with Gasteiger partial charge in [0.2, 0.25) is 0 Å². The van der Waals surface area contributed by atoms with E-state index in [-0.39, 0.29) is 6.04 Å². The Morgan fingerprint density at radius 2 is 1.86 bits per heavy atom. The molecule has 0 bridgehead atoms. The molecule has 0 fully saturated rings. The molecule has 0 aliphatic heterocycles. The van der Waals surface area contributed by atoms with Crippen LogP contribution in [0, 0.1) is 12.8 Å². The molecule has 1 aromatic carbocycles. The van der Waals surface area contributed by atoms with Crippen LogP contribution in [0.3, 0.4) is 0 Å². The molecule has 2 N–H and O–H groups in total. The predicted octanol–water partition coefficient (Wildman–Crippen LogP) is 3.28. The number of likely N-dealkylation sites (N-methyl/N-ethyl adjacent to an activating group) is 1. The van der Waals surface area contributed by atoms with Crippen LogP contribution in [0.25, 0.3) is 0 Å². The van der Waals surface area contributed by atoms with E-state index in [1.165, 1.54) is 11.1 Å². The average molecular weight is 356 g/mol. The summed E-state index contributed by atoms with van der Waals surface area (Å²) in [4.78, 5) is 4.74. The molecule has 1 unspecified atom stereocenters. The second-order valence-electron chi connectivity index (χ2n) is 6.47. The minimum atomic E-state index is 0.266. The van der Waals surface area contributed by atoms with Gasteiger partial charge in [-0.05, 0) is 44.1 Å². The van der Waals surface area contributed by atoms with Crippen LogP contribution >= 0.6 is 15.9 Å². The number of hydrogen-bond donors (Lipinski definition) is 1. The van der Waals surface area contributed by atoms with Crippen molar-refractivity contribution in [3.05, 3.63) is 33.8 Å². The molecule has 1 rings (SSSR count). The summed E-state index contributed by atoms with van der Waals surface area (Å²) in [6.45, 7) is 10.4. The maximum atomic E-state index is 6.12. The van der Waals surface area contributed by atoms with Gasteiger partial charge >= 0.3 is 0 Å². The van der Waals surface area contributed by atoms with Crippen LogP contribution in [0.4, 0.5) is 0 Å². The highest BCUT2D eigenvalue weighted by molar-refractivity contribution is 9.10. The molecule has 0 aromatic heterocycles. The van der Waals surface area contributed by atoms with Crippen LogP contribution in [0.5, 0.6) is 0 Å². The van der Waals surface area contributed by atoms with Gasteiger partial charge in [0.05, 0.1) is 0 Å². The first-order chi connectivity index (χ1) is 9.85. The Kier molecular flexibility index (Phi) is 7.88. The highest BCUT2D eigenvalue weighted by atomic mass is 79.9. The summed E-state index contributed by atoms with van der Waals surface area (Å²) in [5.74, 6) is 0.630. The van der Waals surface area contributed by atoms with Gasteiger partial charge in [0, 0.05) is 36.7 Å². The van der Waals surface area contributed by atoms with Gasteiger partial charge in [0.1, 0.15) is 0 Å². The zero-order valence-corrected chi connectivity index (χ0v) is 15.7. The van der Waals surface area contributed by atoms with Gasteiger partial charge in [0.25, 0.3) is 0 Å². The lowest BCUT2D eigenvalue weighted by Crippen LogP contribution is -2.40. The standard InChI is InChI=1S/C17H30BrN3/c1-13(2)12-21(9-8-20(4)5)17(11-19)15-7-6-14(3)10-16(15)18/h6-7,10,13,17H,8-9,11-12,19H2,1-5H3. The summed E-state index contributed by atoms with van der Waals surface area (Å²) in [6, 6.07) is 6.82. The monoisotopic (exact) mass is 355 g/mol. The maximum Gasteiger partial charge on any atom is 0.0482 e. The van der Waals surface area contributed by atoms with Crippen LogP contribution in [-0.4, -0.2) is 50.1 Å². The summed E-state index contributed by atoms with van der Waals surface area (Å²) >= 11 is 3.71. The van der Waals surface area contributed by atoms with Crippen molar-refractivity contribution in [2.75, 3.05) is 40.3 Å². The Morgan fingerprint density at radius 3 is 2.33 bits per heavy atom. The van der Waals surface area contributed by atoms with E-state index < -0.39 is 0 Å². The molecule has 0 saturated heterocycles. The molecule has 0 aliphatic carbocycles. The van der Waals surface area contributed by atoms with Gasteiger partial charge in [-0.1, -0.05) is 41.9 Å². The van der Waals surface area contributed by atoms with Crippen molar-refractivity contribution in [1.29, 1.82) is 0 Å². The number of aryl methyl sites for hydroxylation is 1. The van der Waals surface area contributed by atoms with E-state index in [9.17, 15) is 0 Å². The number of benzene rings is 1. The van der Waals surface area contributed by atoms with Crippen molar-refractivity contribution in [1.82, 2.24) is 9.80 Å². The van der Waals surface area contributed by atoms with Gasteiger partial charge in [0.15, 0.2) is 0 Å². The molecule has 0 heterocycles. The number of rotatable bonds is 8. The first-order valence-corrected chi connectivity index (χ1v) is 8.49. The minimum Gasteiger partial charge on any atom is -0.329 e. The molecule has 0 aliphatic rings. The Labute approximate surface area is 138 Å². The Hall–Kier alpha value is -0.420. The predicted molar refractivity (Wildman–Crippen MR) is 95.6 cm³/mol. The molecule has 0 spiro atoms. The molecule has 0 radical (unpaired) electrons. The van der Waals surface area contributed by atoms with Crippen molar-refractivity contribution in [3.8, 4) is 0 Å². The molecule has 120 valence electrons. The molecule has 21 heavy (non-hydrogen) atoms. The third kappa shape index (κ3) is 6.07. The maximum absolute atomic E-state index is 6.12. The Morgan fingerprint density at radius 1 is 1.19 bits per heavy atom. The number of nitrogens with two attached hydrogens (primary N) is 1. The summed E-state index contributed by atoms with van der Waals surface area (Å²) in [5.41, 5.74) is 8.68. The quantitative estimate of drug-likeness (QED) is 0.776. The smallest absolute Gasteiger partial charge is 0.0482 e. The van der Waals surface area contributed by atoms with Gasteiger partial charge in [-0.2, -0.15) is 0 Å². The lowest BCUT2D eigenvalue weighted by atomic mass is 10.0. The molecule has 3 nitrogen and oxygen atoms in total. The third-order valence-corrected chi connectivity index (χ3v) is 4.30. The van der Waals surface area contributed by atoms with Gasteiger partial charge in [-0.25, -0.2) is 0 Å². The first kappa shape index (κ1) is 18.6. The Bertz CT molecular complexity index is 432. The molecular weight excluding hydrogens is 326 g/mol. The van der Waals surface area contributed by atoms with Crippen LogP contribution in [0.1, 0.15) is 31.0 Å². The van der Waals surface area contributed by atoms with Crippen LogP contribution in [0.15, 0.2) is 22.7 Å². The molecule has 1 atom stereocenters. The normalized spacial score (nSPS) is 13.4. The summed E-state index contributed by atoms with van der Waals surface area (Å²) in [7, 11) is 4.24. The largest absolute Gasteiger partial charge is 0.329 e. The summed E-state index contributed by atoms with van der Waals surface area (Å²) in [6.07, 6.45) is 0. The zero-order chi connectivity index (χ0) is 16.0. The van der Waals surface area contributed by atoms with Crippen LogP contribution in [0.2, 0.25) is 0 Å². The van der Waals surface area contributed by atoms with Crippen molar-refractivity contribution in [2.45, 2.75) is 26.8 Å². The lowest BCUT2D eigenvalue weighted by molar-refractivity contribution is 0.163. The molecule has 0 amide bonds. The molecular formula is C17H30BrN3. The number of nitrogens with zero attached hydrogens (tertiary/aromatic N) is 2. The minimum absolute atomic E-state index is 0.266. The third-order valence-electron chi connectivity index (χ3n) is 3.61. The van der Waals surface area contributed by atoms with Crippen LogP contribution < -0.4 is 5.73 Å². The topological polar surface area (TPSA) is 32.5 Å². The van der Waals surface area contributed by atoms with E-state index in [2.05, 4.69) is 78.8 Å². The van der Waals surface area contributed by atoms with E-state index in [1.807, 2.05) is 0 Å². The highest BCUT2D eigenvalue weighted by Crippen LogP contribution is 2.28. The van der Waals surface area contributed by atoms with Crippen LogP contribution in [-0.2, 0) is 0 Å². The fraction of sp³-hybridized carbons (Fsp3) is 0.647. The SMILES string of the molecule is Cc1ccc(C(CN)N(CCN(C)C)CC(C)C)c(Br)c1. The van der Waals surface area contributed by atoms with Crippen molar-refractivity contribution in [2.24, 2.45) is 11.7 Å². The highest BCUT2D eigenvalue weighted by Gasteiger charge is 2.21. The molecule has 4 heteroatoms. The van der Waals surface area contributed by atoms with E-state index in [0.29, 0.717) is 12.5 Å². The molecule has 1 aromatic rings. The van der Waals surface area contributed by atoms with Gasteiger partial charge in [-0.15, -0.1) is 0 Å². The molecule has 0 saturated carbocycles. The average Bonchev–Trinajstić information content (AvgIpc) is 2.38. The van der Waals surface area contributed by atoms with Crippen molar-refractivity contribution >= 4 is 15.9 Å².